The van der Waals surface area contributed by atoms with Crippen LogP contribution in [-0.2, 0) is 0 Å². The molecule has 0 atom stereocenters. The summed E-state index contributed by atoms with van der Waals surface area (Å²) in [5.74, 6) is 0. The normalized spacial score (nSPS) is 13.3. The average molecular weight is 366 g/mol. The van der Waals surface area contributed by atoms with Crippen molar-refractivity contribution in [2.75, 3.05) is 5.32 Å². The third kappa shape index (κ3) is 8.41. The minimum Gasteiger partial charge on any atom is -0.353 e. The lowest BCUT2D eigenvalue weighted by Gasteiger charge is -2.11. The van der Waals surface area contributed by atoms with Crippen molar-refractivity contribution in [1.82, 2.24) is 10.2 Å². The van der Waals surface area contributed by atoms with Gasteiger partial charge in [-0.25, -0.2) is 0 Å². The summed E-state index contributed by atoms with van der Waals surface area (Å²) in [7, 11) is 0. The summed E-state index contributed by atoms with van der Waals surface area (Å²) in [5.41, 5.74) is 6.06. The molecule has 1 aliphatic rings. The molecule has 0 amide bonds. The summed E-state index contributed by atoms with van der Waals surface area (Å²) >= 11 is 0. The Morgan fingerprint density at radius 3 is 2.56 bits per heavy atom. The lowest BCUT2D eigenvalue weighted by molar-refractivity contribution is 1.07. The number of H-pyrrole nitrogens is 1. The van der Waals surface area contributed by atoms with Gasteiger partial charge in [-0.2, -0.15) is 5.10 Å². The Hall–Kier alpha value is -2.81. The van der Waals surface area contributed by atoms with Crippen LogP contribution < -0.4 is 5.32 Å². The first-order valence-electron chi connectivity index (χ1n) is 9.63. The fourth-order valence-electron chi connectivity index (χ4n) is 2.29. The van der Waals surface area contributed by atoms with Crippen LogP contribution in [0.1, 0.15) is 53.7 Å². The molecule has 2 rings (SSSR count). The summed E-state index contributed by atoms with van der Waals surface area (Å²) in [4.78, 5) is 0. The quantitative estimate of drug-likeness (QED) is 0.517. The highest BCUT2D eigenvalue weighted by Crippen LogP contribution is 2.26. The number of hydrogen-bond donors (Lipinski definition) is 2. The zero-order chi connectivity index (χ0) is 20.7. The number of anilines is 1. The molecule has 3 heteroatoms. The van der Waals surface area contributed by atoms with Gasteiger partial charge in [0.2, 0.25) is 0 Å². The third-order valence-corrected chi connectivity index (χ3v) is 3.51. The second-order valence-corrected chi connectivity index (χ2v) is 5.42. The van der Waals surface area contributed by atoms with Gasteiger partial charge in [0.25, 0.3) is 0 Å². The molecule has 0 fully saturated rings. The monoisotopic (exact) mass is 365 g/mol. The molecule has 1 aromatic rings. The van der Waals surface area contributed by atoms with E-state index >= 15 is 0 Å². The van der Waals surface area contributed by atoms with Gasteiger partial charge in [0.05, 0.1) is 17.6 Å². The van der Waals surface area contributed by atoms with Gasteiger partial charge in [0, 0.05) is 5.70 Å². The van der Waals surface area contributed by atoms with E-state index in [4.69, 9.17) is 0 Å². The average Bonchev–Trinajstić information content (AvgIpc) is 2.97. The summed E-state index contributed by atoms with van der Waals surface area (Å²) in [6.45, 7) is 19.9. The molecular weight excluding hydrogens is 330 g/mol. The zero-order valence-corrected chi connectivity index (χ0v) is 17.8. The first kappa shape index (κ1) is 24.2. The van der Waals surface area contributed by atoms with Crippen LogP contribution in [0, 0.1) is 0 Å². The van der Waals surface area contributed by atoms with Crippen LogP contribution in [-0.4, -0.2) is 10.2 Å². The summed E-state index contributed by atoms with van der Waals surface area (Å²) in [6, 6.07) is 0. The van der Waals surface area contributed by atoms with Gasteiger partial charge in [-0.1, -0.05) is 95.0 Å². The second kappa shape index (κ2) is 14.4. The van der Waals surface area contributed by atoms with E-state index in [0.717, 1.165) is 40.2 Å². The molecule has 27 heavy (non-hydrogen) atoms. The number of aromatic nitrogens is 2. The fourth-order valence-corrected chi connectivity index (χ4v) is 2.29. The Kier molecular flexibility index (Phi) is 12.9. The third-order valence-electron chi connectivity index (χ3n) is 3.51. The van der Waals surface area contributed by atoms with Crippen molar-refractivity contribution in [2.24, 2.45) is 0 Å². The lowest BCUT2D eigenvalue weighted by Crippen LogP contribution is -2.01. The first-order valence-corrected chi connectivity index (χ1v) is 9.63. The molecule has 3 nitrogen and oxygen atoms in total. The topological polar surface area (TPSA) is 40.7 Å². The predicted octanol–water partition coefficient (Wildman–Crippen LogP) is 7.37. The molecule has 1 aliphatic carbocycles. The van der Waals surface area contributed by atoms with Gasteiger partial charge in [0.15, 0.2) is 0 Å². The van der Waals surface area contributed by atoms with Gasteiger partial charge in [-0.05, 0) is 31.4 Å². The van der Waals surface area contributed by atoms with Crippen LogP contribution in [0.2, 0.25) is 0 Å². The maximum Gasteiger partial charge on any atom is 0.0882 e. The van der Waals surface area contributed by atoms with Crippen molar-refractivity contribution in [3.63, 3.8) is 0 Å². The number of hydrogen-bond acceptors (Lipinski definition) is 2. The van der Waals surface area contributed by atoms with Gasteiger partial charge in [-0.3, -0.25) is 5.10 Å². The highest BCUT2D eigenvalue weighted by molar-refractivity contribution is 5.81. The van der Waals surface area contributed by atoms with Gasteiger partial charge >= 0.3 is 0 Å². The summed E-state index contributed by atoms with van der Waals surface area (Å²) in [5, 5.41) is 10.6. The standard InChI is InChI=1S/C20H23N3.2C2H6/c1-5-10-15(2)13-16(3)17(4)22-19-14-21-23-20(19)18-11-8-6-7-9-12-18;2*1-2/h5-8,10-14,22H,1,4,9H2,2-3H3,(H,21,23);2*1-2H3/b15-10-,16-13+;;. The van der Waals surface area contributed by atoms with E-state index in [-0.39, 0.29) is 0 Å². The molecule has 0 saturated carbocycles. The smallest absolute Gasteiger partial charge is 0.0882 e. The van der Waals surface area contributed by atoms with Crippen molar-refractivity contribution in [2.45, 2.75) is 48.0 Å². The summed E-state index contributed by atoms with van der Waals surface area (Å²) < 4.78 is 0. The van der Waals surface area contributed by atoms with Gasteiger partial charge in [-0.15, -0.1) is 0 Å². The Bertz CT molecular complexity index is 737. The van der Waals surface area contributed by atoms with Crippen LogP contribution in [0.25, 0.3) is 5.57 Å². The van der Waals surface area contributed by atoms with Crippen molar-refractivity contribution in [3.05, 3.63) is 90.5 Å². The van der Waals surface area contributed by atoms with E-state index in [1.807, 2.05) is 59.8 Å². The Morgan fingerprint density at radius 1 is 1.19 bits per heavy atom. The number of nitrogens with one attached hydrogen (secondary N) is 2. The van der Waals surface area contributed by atoms with E-state index in [1.165, 1.54) is 0 Å². The number of nitrogens with zero attached hydrogens (tertiary/aromatic N) is 1. The SMILES string of the molecule is C=C/C=C(C)\C=C(/C)C(=C)Nc1cn[nH]c1C1=CCC=CC=C1.CC.CC. The molecule has 0 radical (unpaired) electrons. The maximum absolute atomic E-state index is 4.16. The first-order chi connectivity index (χ1) is 13.1. The van der Waals surface area contributed by atoms with E-state index in [2.05, 4.69) is 53.0 Å². The highest BCUT2D eigenvalue weighted by Gasteiger charge is 2.10. The molecule has 0 spiro atoms. The Morgan fingerprint density at radius 2 is 1.89 bits per heavy atom. The highest BCUT2D eigenvalue weighted by atomic mass is 15.1. The lowest BCUT2D eigenvalue weighted by atomic mass is 10.1. The molecule has 146 valence electrons. The largest absolute Gasteiger partial charge is 0.353 e. The van der Waals surface area contributed by atoms with Crippen molar-refractivity contribution < 1.29 is 0 Å². The van der Waals surface area contributed by atoms with Gasteiger partial charge < -0.3 is 5.32 Å². The minimum absolute atomic E-state index is 0.848. The number of rotatable bonds is 6. The van der Waals surface area contributed by atoms with Crippen LogP contribution in [0.3, 0.4) is 0 Å². The minimum atomic E-state index is 0.848. The Labute approximate surface area is 165 Å². The van der Waals surface area contributed by atoms with Crippen molar-refractivity contribution in [1.29, 1.82) is 0 Å². The summed E-state index contributed by atoms with van der Waals surface area (Å²) in [6.07, 6.45) is 19.0. The molecule has 0 bridgehead atoms. The van der Waals surface area contributed by atoms with Gasteiger partial charge in [0.1, 0.15) is 0 Å². The van der Waals surface area contributed by atoms with Crippen molar-refractivity contribution in [3.8, 4) is 0 Å². The van der Waals surface area contributed by atoms with E-state index in [1.54, 1.807) is 12.3 Å². The number of allylic oxidation sites excluding steroid dienone is 11. The van der Waals surface area contributed by atoms with E-state index in [0.29, 0.717) is 0 Å². The molecule has 0 aliphatic heterocycles. The van der Waals surface area contributed by atoms with E-state index in [9.17, 15) is 0 Å². The Balaban J connectivity index is 0.00000158. The molecule has 1 aromatic heterocycles. The maximum atomic E-state index is 4.16. The predicted molar refractivity (Wildman–Crippen MR) is 123 cm³/mol. The van der Waals surface area contributed by atoms with Crippen molar-refractivity contribution >= 4 is 11.3 Å². The molecule has 0 saturated heterocycles. The number of aromatic amines is 1. The van der Waals surface area contributed by atoms with Crippen LogP contribution in [0.15, 0.2) is 84.8 Å². The molecule has 0 aromatic carbocycles. The van der Waals surface area contributed by atoms with Crippen LogP contribution in [0.5, 0.6) is 0 Å². The van der Waals surface area contributed by atoms with Crippen LogP contribution in [0.4, 0.5) is 5.69 Å². The van der Waals surface area contributed by atoms with Crippen LogP contribution >= 0.6 is 0 Å². The molecule has 1 heterocycles. The second-order valence-electron chi connectivity index (χ2n) is 5.42. The van der Waals surface area contributed by atoms with E-state index < -0.39 is 0 Å². The zero-order valence-electron chi connectivity index (χ0n) is 17.8. The molecular formula is C24H35N3. The fraction of sp³-hybridized carbons (Fsp3) is 0.292. The molecule has 2 N–H and O–H groups in total. The molecule has 0 unspecified atom stereocenters.